The van der Waals surface area contributed by atoms with Crippen LogP contribution in [0.2, 0.25) is 0 Å². The van der Waals surface area contributed by atoms with Crippen molar-refractivity contribution in [2.24, 2.45) is 0 Å². The summed E-state index contributed by atoms with van der Waals surface area (Å²) in [5.41, 5.74) is 3.34. The van der Waals surface area contributed by atoms with Crippen LogP contribution in [0.25, 0.3) is 0 Å². The summed E-state index contributed by atoms with van der Waals surface area (Å²) in [6, 6.07) is 4.43. The molecule has 0 bridgehead atoms. The van der Waals surface area contributed by atoms with E-state index in [4.69, 9.17) is 4.74 Å². The molecule has 0 radical (unpaired) electrons. The van der Waals surface area contributed by atoms with Crippen molar-refractivity contribution in [3.63, 3.8) is 0 Å². The molecule has 134 valence electrons. The summed E-state index contributed by atoms with van der Waals surface area (Å²) in [7, 11) is 0. The van der Waals surface area contributed by atoms with Gasteiger partial charge in [0.05, 0.1) is 12.7 Å². The fourth-order valence-corrected chi connectivity index (χ4v) is 3.13. The van der Waals surface area contributed by atoms with Crippen LogP contribution in [-0.4, -0.2) is 40.8 Å². The minimum atomic E-state index is 0.195. The van der Waals surface area contributed by atoms with E-state index in [0.29, 0.717) is 0 Å². The molecule has 0 aliphatic carbocycles. The number of hydrogen-bond donors (Lipinski definition) is 1. The van der Waals surface area contributed by atoms with Gasteiger partial charge < -0.3 is 15.0 Å². The standard InChI is InChI=1S/C19H27N5O/c1-13-12-24(7-8-25-13)19-6-5-17(10-22-19)9-20-14(2)18-11-21-16(4)23-15(18)3/h5-6,10-11,13-14,20H,7-9,12H2,1-4H3. The highest BCUT2D eigenvalue weighted by Gasteiger charge is 2.17. The van der Waals surface area contributed by atoms with E-state index < -0.39 is 0 Å². The molecule has 3 rings (SSSR count). The summed E-state index contributed by atoms with van der Waals surface area (Å²) >= 11 is 0. The number of rotatable bonds is 5. The van der Waals surface area contributed by atoms with E-state index in [1.54, 1.807) is 0 Å². The molecule has 6 nitrogen and oxygen atoms in total. The minimum absolute atomic E-state index is 0.195. The average Bonchev–Trinajstić information content (AvgIpc) is 2.60. The molecule has 1 saturated heterocycles. The molecular formula is C19H27N5O. The maximum atomic E-state index is 5.59. The first-order chi connectivity index (χ1) is 12.0. The number of morpholine rings is 1. The van der Waals surface area contributed by atoms with Crippen LogP contribution in [0, 0.1) is 13.8 Å². The Morgan fingerprint density at radius 1 is 1.28 bits per heavy atom. The molecule has 1 N–H and O–H groups in total. The number of aromatic nitrogens is 3. The number of aryl methyl sites for hydroxylation is 2. The Labute approximate surface area is 149 Å². The number of nitrogens with zero attached hydrogens (tertiary/aromatic N) is 4. The molecule has 0 aromatic carbocycles. The molecule has 2 unspecified atom stereocenters. The van der Waals surface area contributed by atoms with Crippen molar-refractivity contribution in [3.8, 4) is 0 Å². The van der Waals surface area contributed by atoms with E-state index >= 15 is 0 Å². The van der Waals surface area contributed by atoms with E-state index in [-0.39, 0.29) is 12.1 Å². The lowest BCUT2D eigenvalue weighted by molar-refractivity contribution is 0.0529. The molecule has 1 aliphatic rings. The van der Waals surface area contributed by atoms with Crippen molar-refractivity contribution in [1.29, 1.82) is 0 Å². The Morgan fingerprint density at radius 3 is 2.80 bits per heavy atom. The zero-order valence-corrected chi connectivity index (χ0v) is 15.5. The predicted octanol–water partition coefficient (Wildman–Crippen LogP) is 2.56. The van der Waals surface area contributed by atoms with Gasteiger partial charge in [-0.1, -0.05) is 6.07 Å². The number of ether oxygens (including phenoxy) is 1. The van der Waals surface area contributed by atoms with Gasteiger partial charge in [-0.2, -0.15) is 0 Å². The maximum absolute atomic E-state index is 5.59. The van der Waals surface area contributed by atoms with Gasteiger partial charge in [0.1, 0.15) is 11.6 Å². The smallest absolute Gasteiger partial charge is 0.128 e. The van der Waals surface area contributed by atoms with E-state index in [9.17, 15) is 0 Å². The number of pyridine rings is 1. The van der Waals surface area contributed by atoms with Crippen molar-refractivity contribution in [3.05, 3.63) is 47.2 Å². The molecular weight excluding hydrogens is 314 g/mol. The topological polar surface area (TPSA) is 63.2 Å². The fraction of sp³-hybridized carbons (Fsp3) is 0.526. The Bertz CT molecular complexity index is 703. The van der Waals surface area contributed by atoms with E-state index in [1.807, 2.05) is 26.2 Å². The number of hydrogen-bond acceptors (Lipinski definition) is 6. The Balaban J connectivity index is 1.58. The molecule has 6 heteroatoms. The van der Waals surface area contributed by atoms with Crippen molar-refractivity contribution in [2.45, 2.75) is 46.4 Å². The molecule has 1 aliphatic heterocycles. The van der Waals surface area contributed by atoms with Gasteiger partial charge in [0.25, 0.3) is 0 Å². The van der Waals surface area contributed by atoms with Crippen LogP contribution < -0.4 is 10.2 Å². The van der Waals surface area contributed by atoms with Gasteiger partial charge in [-0.15, -0.1) is 0 Å². The minimum Gasteiger partial charge on any atom is -0.375 e. The van der Waals surface area contributed by atoms with Crippen LogP contribution >= 0.6 is 0 Å². The lowest BCUT2D eigenvalue weighted by atomic mass is 10.1. The van der Waals surface area contributed by atoms with Gasteiger partial charge >= 0.3 is 0 Å². The van der Waals surface area contributed by atoms with Crippen LogP contribution in [0.1, 0.15) is 42.5 Å². The van der Waals surface area contributed by atoms with Gasteiger partial charge in [-0.05, 0) is 39.3 Å². The number of anilines is 1. The second-order valence-electron chi connectivity index (χ2n) is 6.71. The normalized spacial score (nSPS) is 19.0. The van der Waals surface area contributed by atoms with Crippen molar-refractivity contribution < 1.29 is 4.74 Å². The zero-order chi connectivity index (χ0) is 17.8. The molecule has 2 atom stereocenters. The van der Waals surface area contributed by atoms with Gasteiger partial charge in [-0.3, -0.25) is 0 Å². The van der Waals surface area contributed by atoms with E-state index in [2.05, 4.69) is 51.1 Å². The van der Waals surface area contributed by atoms with Gasteiger partial charge in [-0.25, -0.2) is 15.0 Å². The van der Waals surface area contributed by atoms with Gasteiger partial charge in [0.2, 0.25) is 0 Å². The fourth-order valence-electron chi connectivity index (χ4n) is 3.13. The maximum Gasteiger partial charge on any atom is 0.128 e. The summed E-state index contributed by atoms with van der Waals surface area (Å²) in [6.45, 7) is 11.5. The van der Waals surface area contributed by atoms with Crippen molar-refractivity contribution in [2.75, 3.05) is 24.6 Å². The summed E-state index contributed by atoms with van der Waals surface area (Å²) in [4.78, 5) is 15.6. The molecule has 0 spiro atoms. The predicted molar refractivity (Wildman–Crippen MR) is 98.6 cm³/mol. The Morgan fingerprint density at radius 2 is 2.12 bits per heavy atom. The lowest BCUT2D eigenvalue weighted by Crippen LogP contribution is -2.41. The third-order valence-electron chi connectivity index (χ3n) is 4.59. The summed E-state index contributed by atoms with van der Waals surface area (Å²) in [5, 5.41) is 3.53. The second-order valence-corrected chi connectivity index (χ2v) is 6.71. The van der Waals surface area contributed by atoms with Crippen molar-refractivity contribution in [1.82, 2.24) is 20.3 Å². The van der Waals surface area contributed by atoms with Crippen LogP contribution in [0.3, 0.4) is 0 Å². The third kappa shape index (κ3) is 4.52. The van der Waals surface area contributed by atoms with E-state index in [1.165, 1.54) is 5.56 Å². The molecule has 2 aromatic heterocycles. The largest absolute Gasteiger partial charge is 0.375 e. The Kier molecular flexibility index (Phi) is 5.60. The van der Waals surface area contributed by atoms with Gasteiger partial charge in [0.15, 0.2) is 0 Å². The first-order valence-corrected chi connectivity index (χ1v) is 8.88. The van der Waals surface area contributed by atoms with Crippen LogP contribution in [-0.2, 0) is 11.3 Å². The van der Waals surface area contributed by atoms with Gasteiger partial charge in [0, 0.05) is 49.3 Å². The van der Waals surface area contributed by atoms with E-state index in [0.717, 1.165) is 49.1 Å². The zero-order valence-electron chi connectivity index (χ0n) is 15.5. The molecule has 2 aromatic rings. The molecule has 1 fully saturated rings. The lowest BCUT2D eigenvalue weighted by Gasteiger charge is -2.32. The molecule has 0 amide bonds. The van der Waals surface area contributed by atoms with Crippen LogP contribution in [0.4, 0.5) is 5.82 Å². The molecule has 3 heterocycles. The average molecular weight is 341 g/mol. The van der Waals surface area contributed by atoms with Crippen LogP contribution in [0.5, 0.6) is 0 Å². The van der Waals surface area contributed by atoms with Crippen molar-refractivity contribution >= 4 is 5.82 Å². The summed E-state index contributed by atoms with van der Waals surface area (Å²) in [5.74, 6) is 1.83. The Hall–Kier alpha value is -2.05. The second kappa shape index (κ2) is 7.89. The summed E-state index contributed by atoms with van der Waals surface area (Å²) < 4.78 is 5.59. The molecule has 25 heavy (non-hydrogen) atoms. The first kappa shape index (κ1) is 17.8. The van der Waals surface area contributed by atoms with Crippen LogP contribution in [0.15, 0.2) is 24.5 Å². The highest BCUT2D eigenvalue weighted by Crippen LogP contribution is 2.17. The highest BCUT2D eigenvalue weighted by molar-refractivity contribution is 5.40. The first-order valence-electron chi connectivity index (χ1n) is 8.88. The quantitative estimate of drug-likeness (QED) is 0.902. The summed E-state index contributed by atoms with van der Waals surface area (Å²) in [6.07, 6.45) is 4.13. The SMILES string of the molecule is Cc1ncc(C(C)NCc2ccc(N3CCOC(C)C3)nc2)c(C)n1. The monoisotopic (exact) mass is 341 g/mol. The molecule has 0 saturated carbocycles. The highest BCUT2D eigenvalue weighted by atomic mass is 16.5. The third-order valence-corrected chi connectivity index (χ3v) is 4.59. The number of nitrogens with one attached hydrogen (secondary N) is 1.